The molecule has 1 amide bonds. The largest absolute Gasteiger partial charge is 0.496 e. The van der Waals surface area contributed by atoms with E-state index >= 15 is 0 Å². The number of hydrogen-bond acceptors (Lipinski definition) is 5. The topological polar surface area (TPSA) is 72.8 Å². The molecule has 1 aromatic heterocycles. The fraction of sp³-hybridized carbons (Fsp3) is 0.0952. The zero-order valence-corrected chi connectivity index (χ0v) is 15.9. The molecule has 0 aliphatic heterocycles. The van der Waals surface area contributed by atoms with Crippen molar-refractivity contribution in [1.29, 1.82) is 0 Å². The van der Waals surface area contributed by atoms with Gasteiger partial charge in [0.25, 0.3) is 5.91 Å². The lowest BCUT2D eigenvalue weighted by Crippen LogP contribution is -2.17. The Morgan fingerprint density at radius 2 is 2.04 bits per heavy atom. The van der Waals surface area contributed by atoms with Crippen LogP contribution in [-0.4, -0.2) is 24.2 Å². The van der Waals surface area contributed by atoms with E-state index in [2.05, 4.69) is 15.5 Å². The molecule has 0 atom stereocenters. The maximum absolute atomic E-state index is 12.0. The van der Waals surface area contributed by atoms with Crippen molar-refractivity contribution >= 4 is 23.7 Å². The lowest BCUT2D eigenvalue weighted by molar-refractivity contribution is 0.0955. The quantitative estimate of drug-likeness (QED) is 0.483. The van der Waals surface area contributed by atoms with Gasteiger partial charge in [0, 0.05) is 23.0 Å². The number of amides is 1. The van der Waals surface area contributed by atoms with E-state index in [0.717, 1.165) is 11.1 Å². The molecule has 6 nitrogen and oxygen atoms in total. The second kappa shape index (κ2) is 9.53. The van der Waals surface area contributed by atoms with Gasteiger partial charge in [-0.1, -0.05) is 11.6 Å². The van der Waals surface area contributed by atoms with Crippen molar-refractivity contribution in [2.45, 2.75) is 6.61 Å². The zero-order chi connectivity index (χ0) is 19.8. The van der Waals surface area contributed by atoms with Gasteiger partial charge in [-0.05, 0) is 60.2 Å². The van der Waals surface area contributed by atoms with Crippen molar-refractivity contribution in [2.75, 3.05) is 7.11 Å². The summed E-state index contributed by atoms with van der Waals surface area (Å²) in [5.74, 6) is 1.07. The van der Waals surface area contributed by atoms with E-state index in [9.17, 15) is 4.79 Å². The molecule has 2 aromatic carbocycles. The molecule has 7 heteroatoms. The van der Waals surface area contributed by atoms with Gasteiger partial charge in [-0.3, -0.25) is 9.78 Å². The molecule has 0 unspecified atom stereocenters. The Morgan fingerprint density at radius 1 is 1.21 bits per heavy atom. The molecule has 0 radical (unpaired) electrons. The highest BCUT2D eigenvalue weighted by atomic mass is 35.5. The van der Waals surface area contributed by atoms with Crippen molar-refractivity contribution in [3.05, 3.63) is 88.7 Å². The lowest BCUT2D eigenvalue weighted by Gasteiger charge is -2.11. The highest BCUT2D eigenvalue weighted by molar-refractivity contribution is 6.30. The molecule has 28 heavy (non-hydrogen) atoms. The van der Waals surface area contributed by atoms with Crippen LogP contribution in [-0.2, 0) is 6.61 Å². The number of halogens is 1. The number of nitrogens with zero attached hydrogens (tertiary/aromatic N) is 2. The smallest absolute Gasteiger partial charge is 0.272 e. The van der Waals surface area contributed by atoms with Gasteiger partial charge >= 0.3 is 0 Å². The van der Waals surface area contributed by atoms with Crippen LogP contribution in [0, 0.1) is 0 Å². The Labute approximate surface area is 167 Å². The van der Waals surface area contributed by atoms with E-state index in [4.69, 9.17) is 21.1 Å². The highest BCUT2D eigenvalue weighted by Crippen LogP contribution is 2.22. The molecule has 1 heterocycles. The third-order valence-corrected chi connectivity index (χ3v) is 4.07. The Morgan fingerprint density at radius 3 is 2.75 bits per heavy atom. The molecule has 3 rings (SSSR count). The number of carbonyl (C=O) groups is 1. The summed E-state index contributed by atoms with van der Waals surface area (Å²) in [5.41, 5.74) is 4.55. The van der Waals surface area contributed by atoms with Crippen molar-refractivity contribution in [2.24, 2.45) is 5.10 Å². The second-order valence-corrected chi connectivity index (χ2v) is 6.19. The summed E-state index contributed by atoms with van der Waals surface area (Å²) in [7, 11) is 1.60. The number of benzene rings is 2. The minimum atomic E-state index is -0.329. The fourth-order valence-corrected chi connectivity index (χ4v) is 2.54. The molecule has 3 aromatic rings. The standard InChI is InChI=1S/C21H18ClN3O3/c1-27-20-9-4-15(12-24-25-21(26)16-3-2-10-23-13-16)11-17(20)14-28-19-7-5-18(22)6-8-19/h2-13H,14H2,1H3,(H,25,26)/b24-12+. The van der Waals surface area contributed by atoms with E-state index in [1.165, 1.54) is 6.20 Å². The Balaban J connectivity index is 1.66. The summed E-state index contributed by atoms with van der Waals surface area (Å²) < 4.78 is 11.2. The number of methoxy groups -OCH3 is 1. The average Bonchev–Trinajstić information content (AvgIpc) is 2.74. The number of rotatable bonds is 7. The van der Waals surface area contributed by atoms with Crippen molar-refractivity contribution in [3.63, 3.8) is 0 Å². The predicted molar refractivity (Wildman–Crippen MR) is 108 cm³/mol. The number of nitrogens with one attached hydrogen (secondary N) is 1. The van der Waals surface area contributed by atoms with Crippen LogP contribution >= 0.6 is 11.6 Å². The molecule has 0 fully saturated rings. The summed E-state index contributed by atoms with van der Waals surface area (Å²) in [6.07, 6.45) is 4.63. The molecule has 0 aliphatic rings. The summed E-state index contributed by atoms with van der Waals surface area (Å²) >= 11 is 5.88. The number of carbonyl (C=O) groups excluding carboxylic acids is 1. The van der Waals surface area contributed by atoms with Gasteiger partial charge in [-0.2, -0.15) is 5.10 Å². The average molecular weight is 396 g/mol. The summed E-state index contributed by atoms with van der Waals surface area (Å²) in [4.78, 5) is 15.9. The summed E-state index contributed by atoms with van der Waals surface area (Å²) in [6.45, 7) is 0.314. The molecule has 0 spiro atoms. The van der Waals surface area contributed by atoms with Gasteiger partial charge in [0.05, 0.1) is 18.9 Å². The number of aromatic nitrogens is 1. The van der Waals surface area contributed by atoms with Crippen LogP contribution < -0.4 is 14.9 Å². The molecule has 0 saturated heterocycles. The zero-order valence-electron chi connectivity index (χ0n) is 15.1. The Hall–Kier alpha value is -3.38. The van der Waals surface area contributed by atoms with Gasteiger partial charge in [0.2, 0.25) is 0 Å². The molecule has 0 saturated carbocycles. The van der Waals surface area contributed by atoms with E-state index in [1.54, 1.807) is 55.9 Å². The van der Waals surface area contributed by atoms with Gasteiger partial charge in [0.1, 0.15) is 18.1 Å². The monoisotopic (exact) mass is 395 g/mol. The number of hydrogen-bond donors (Lipinski definition) is 1. The number of hydrazone groups is 1. The van der Waals surface area contributed by atoms with E-state index in [-0.39, 0.29) is 5.91 Å². The first-order valence-electron chi connectivity index (χ1n) is 8.44. The first kappa shape index (κ1) is 19.4. The molecular formula is C21H18ClN3O3. The van der Waals surface area contributed by atoms with Crippen LogP contribution in [0.1, 0.15) is 21.5 Å². The highest BCUT2D eigenvalue weighted by Gasteiger charge is 2.06. The fourth-order valence-electron chi connectivity index (χ4n) is 2.41. The van der Waals surface area contributed by atoms with Gasteiger partial charge in [0.15, 0.2) is 0 Å². The molecule has 142 valence electrons. The number of pyridine rings is 1. The first-order chi connectivity index (χ1) is 13.7. The molecule has 0 bridgehead atoms. The Kier molecular flexibility index (Phi) is 6.59. The van der Waals surface area contributed by atoms with Crippen LogP contribution in [0.25, 0.3) is 0 Å². The minimum Gasteiger partial charge on any atom is -0.496 e. The third-order valence-electron chi connectivity index (χ3n) is 3.82. The summed E-state index contributed by atoms with van der Waals surface area (Å²) in [5, 5.41) is 4.64. The maximum atomic E-state index is 12.0. The van der Waals surface area contributed by atoms with Gasteiger partial charge in [-0.15, -0.1) is 0 Å². The first-order valence-corrected chi connectivity index (χ1v) is 8.82. The second-order valence-electron chi connectivity index (χ2n) is 5.75. The molecule has 0 aliphatic carbocycles. The van der Waals surface area contributed by atoms with Crippen molar-refractivity contribution in [3.8, 4) is 11.5 Å². The third kappa shape index (κ3) is 5.31. The molecular weight excluding hydrogens is 378 g/mol. The van der Waals surface area contributed by atoms with Gasteiger partial charge in [-0.25, -0.2) is 5.43 Å². The van der Waals surface area contributed by atoms with Crippen LogP contribution in [0.3, 0.4) is 0 Å². The normalized spacial score (nSPS) is 10.6. The van der Waals surface area contributed by atoms with Crippen LogP contribution in [0.15, 0.2) is 72.1 Å². The SMILES string of the molecule is COc1ccc(/C=N/NC(=O)c2cccnc2)cc1COc1ccc(Cl)cc1. The lowest BCUT2D eigenvalue weighted by atomic mass is 10.1. The van der Waals surface area contributed by atoms with E-state index in [1.807, 2.05) is 18.2 Å². The predicted octanol–water partition coefficient (Wildman–Crippen LogP) is 4.09. The van der Waals surface area contributed by atoms with E-state index < -0.39 is 0 Å². The van der Waals surface area contributed by atoms with Crippen LogP contribution in [0.2, 0.25) is 5.02 Å². The molecule has 1 N–H and O–H groups in total. The van der Waals surface area contributed by atoms with Gasteiger partial charge < -0.3 is 9.47 Å². The van der Waals surface area contributed by atoms with Crippen molar-refractivity contribution < 1.29 is 14.3 Å². The summed E-state index contributed by atoms with van der Waals surface area (Å²) in [6, 6.07) is 16.0. The van der Waals surface area contributed by atoms with Crippen LogP contribution in [0.4, 0.5) is 0 Å². The number of ether oxygens (including phenoxy) is 2. The maximum Gasteiger partial charge on any atom is 0.272 e. The minimum absolute atomic E-state index is 0.314. The van der Waals surface area contributed by atoms with Crippen LogP contribution in [0.5, 0.6) is 11.5 Å². The Bertz CT molecular complexity index is 960. The van der Waals surface area contributed by atoms with Crippen molar-refractivity contribution in [1.82, 2.24) is 10.4 Å². The van der Waals surface area contributed by atoms with E-state index in [0.29, 0.717) is 28.7 Å².